The molecular formula is C22H26Cl2N4O2. The lowest BCUT2D eigenvalue weighted by molar-refractivity contribution is -0.132. The van der Waals surface area contributed by atoms with Gasteiger partial charge in [-0.2, -0.15) is 0 Å². The van der Waals surface area contributed by atoms with Crippen LogP contribution < -0.4 is 10.2 Å². The Bertz CT molecular complexity index is 894. The van der Waals surface area contributed by atoms with Gasteiger partial charge in [-0.05, 0) is 43.8 Å². The summed E-state index contributed by atoms with van der Waals surface area (Å²) in [5.74, 6) is -0.255. The molecule has 0 radical (unpaired) electrons. The summed E-state index contributed by atoms with van der Waals surface area (Å²) >= 11 is 12.2. The molecule has 0 aromatic heterocycles. The number of carbonyl (C=O) groups excluding carboxylic acids is 2. The van der Waals surface area contributed by atoms with Gasteiger partial charge in [-0.15, -0.1) is 0 Å². The number of nitrogens with zero attached hydrogens (tertiary/aromatic N) is 3. The van der Waals surface area contributed by atoms with Crippen molar-refractivity contribution in [3.8, 4) is 0 Å². The number of rotatable bonds is 6. The number of halogens is 2. The standard InChI is InChI=1S/C22H26Cl2N4O2/c1-16-5-3-6-17(13-16)27-9-11-28(12-10-27)21(30)15-26(2)14-20(29)25-22-18(23)7-4-8-19(22)24/h3-8,13H,9-12,14-15H2,1-2H3,(H,25,29). The number of piperazine rings is 1. The zero-order chi connectivity index (χ0) is 21.7. The molecule has 1 fully saturated rings. The quantitative estimate of drug-likeness (QED) is 0.734. The first-order chi connectivity index (χ1) is 14.3. The number of benzene rings is 2. The van der Waals surface area contributed by atoms with Crippen molar-refractivity contribution < 1.29 is 9.59 Å². The molecular weight excluding hydrogens is 423 g/mol. The Balaban J connectivity index is 1.46. The van der Waals surface area contributed by atoms with Crippen LogP contribution in [0, 0.1) is 6.92 Å². The van der Waals surface area contributed by atoms with Gasteiger partial charge in [0.25, 0.3) is 0 Å². The van der Waals surface area contributed by atoms with E-state index in [4.69, 9.17) is 23.2 Å². The molecule has 0 unspecified atom stereocenters. The molecule has 1 N–H and O–H groups in total. The molecule has 1 saturated heterocycles. The number of hydrogen-bond acceptors (Lipinski definition) is 4. The second-order valence-electron chi connectivity index (χ2n) is 7.52. The topological polar surface area (TPSA) is 55.9 Å². The molecule has 30 heavy (non-hydrogen) atoms. The summed E-state index contributed by atoms with van der Waals surface area (Å²) in [4.78, 5) is 30.8. The average molecular weight is 449 g/mol. The van der Waals surface area contributed by atoms with Crippen molar-refractivity contribution in [1.29, 1.82) is 0 Å². The number of hydrogen-bond donors (Lipinski definition) is 1. The van der Waals surface area contributed by atoms with Gasteiger partial charge in [0, 0.05) is 31.9 Å². The maximum atomic E-state index is 12.6. The average Bonchev–Trinajstić information content (AvgIpc) is 2.71. The largest absolute Gasteiger partial charge is 0.368 e. The number of carbonyl (C=O) groups is 2. The van der Waals surface area contributed by atoms with Gasteiger partial charge < -0.3 is 15.1 Å². The van der Waals surface area contributed by atoms with Gasteiger partial charge in [-0.25, -0.2) is 0 Å². The maximum absolute atomic E-state index is 12.6. The van der Waals surface area contributed by atoms with Crippen molar-refractivity contribution in [3.63, 3.8) is 0 Å². The lowest BCUT2D eigenvalue weighted by atomic mass is 10.2. The van der Waals surface area contributed by atoms with Gasteiger partial charge in [-0.1, -0.05) is 41.4 Å². The van der Waals surface area contributed by atoms with Gasteiger partial charge in [0.05, 0.1) is 28.8 Å². The van der Waals surface area contributed by atoms with E-state index in [0.717, 1.165) is 13.1 Å². The Labute approximate surface area is 187 Å². The third-order valence-corrected chi connectivity index (χ3v) is 5.68. The Morgan fingerprint density at radius 3 is 2.27 bits per heavy atom. The molecule has 2 aromatic carbocycles. The highest BCUT2D eigenvalue weighted by atomic mass is 35.5. The summed E-state index contributed by atoms with van der Waals surface area (Å²) in [5, 5.41) is 3.47. The van der Waals surface area contributed by atoms with E-state index in [-0.39, 0.29) is 24.9 Å². The first kappa shape index (κ1) is 22.4. The molecule has 6 nitrogen and oxygen atoms in total. The Hall–Kier alpha value is -2.28. The number of anilines is 2. The van der Waals surface area contributed by atoms with E-state index in [9.17, 15) is 9.59 Å². The fourth-order valence-electron chi connectivity index (χ4n) is 3.47. The normalized spacial score (nSPS) is 14.2. The summed E-state index contributed by atoms with van der Waals surface area (Å²) in [6.07, 6.45) is 0. The van der Waals surface area contributed by atoms with Crippen LogP contribution in [0.25, 0.3) is 0 Å². The highest BCUT2D eigenvalue weighted by molar-refractivity contribution is 6.39. The first-order valence-corrected chi connectivity index (χ1v) is 10.6. The molecule has 2 amide bonds. The molecule has 2 aromatic rings. The lowest BCUT2D eigenvalue weighted by Gasteiger charge is -2.36. The number of para-hydroxylation sites is 1. The SMILES string of the molecule is Cc1cccc(N2CCN(C(=O)CN(C)CC(=O)Nc3c(Cl)cccc3Cl)CC2)c1. The van der Waals surface area contributed by atoms with Crippen LogP contribution in [0.5, 0.6) is 0 Å². The molecule has 0 spiro atoms. The van der Waals surface area contributed by atoms with Gasteiger partial charge in [0.1, 0.15) is 0 Å². The zero-order valence-corrected chi connectivity index (χ0v) is 18.7. The number of nitrogens with one attached hydrogen (secondary N) is 1. The van der Waals surface area contributed by atoms with E-state index in [2.05, 4.69) is 41.4 Å². The van der Waals surface area contributed by atoms with Crippen molar-refractivity contribution in [3.05, 3.63) is 58.1 Å². The smallest absolute Gasteiger partial charge is 0.238 e. The minimum Gasteiger partial charge on any atom is -0.368 e. The van der Waals surface area contributed by atoms with Gasteiger partial charge in [0.2, 0.25) is 11.8 Å². The highest BCUT2D eigenvalue weighted by Crippen LogP contribution is 2.29. The summed E-state index contributed by atoms with van der Waals surface area (Å²) in [7, 11) is 1.74. The fourth-order valence-corrected chi connectivity index (χ4v) is 3.96. The third-order valence-electron chi connectivity index (χ3n) is 5.05. The Kier molecular flexibility index (Phi) is 7.58. The van der Waals surface area contributed by atoms with Gasteiger partial charge in [0.15, 0.2) is 0 Å². The van der Waals surface area contributed by atoms with Crippen LogP contribution in [0.4, 0.5) is 11.4 Å². The summed E-state index contributed by atoms with van der Waals surface area (Å²) in [5.41, 5.74) is 2.80. The van der Waals surface area contributed by atoms with Crippen LogP contribution in [-0.2, 0) is 9.59 Å². The minimum absolute atomic E-state index is 0.0185. The highest BCUT2D eigenvalue weighted by Gasteiger charge is 2.23. The molecule has 0 saturated carbocycles. The molecule has 1 heterocycles. The van der Waals surface area contributed by atoms with Crippen LogP contribution in [0.2, 0.25) is 10.0 Å². The molecule has 160 valence electrons. The lowest BCUT2D eigenvalue weighted by Crippen LogP contribution is -2.51. The van der Waals surface area contributed by atoms with Crippen molar-refractivity contribution in [2.45, 2.75) is 6.92 Å². The molecule has 1 aliphatic rings. The first-order valence-electron chi connectivity index (χ1n) is 9.85. The fraction of sp³-hybridized carbons (Fsp3) is 0.364. The van der Waals surface area contributed by atoms with Crippen molar-refractivity contribution in [1.82, 2.24) is 9.80 Å². The maximum Gasteiger partial charge on any atom is 0.238 e. The van der Waals surface area contributed by atoms with Crippen LogP contribution in [-0.4, -0.2) is 67.9 Å². The predicted octanol–water partition coefficient (Wildman–Crippen LogP) is 3.52. The van der Waals surface area contributed by atoms with Crippen molar-refractivity contribution in [2.75, 3.05) is 56.5 Å². The molecule has 1 aliphatic heterocycles. The van der Waals surface area contributed by atoms with Crippen molar-refractivity contribution in [2.24, 2.45) is 0 Å². The van der Waals surface area contributed by atoms with E-state index in [1.165, 1.54) is 11.3 Å². The second kappa shape index (κ2) is 10.2. The van der Waals surface area contributed by atoms with Gasteiger partial charge >= 0.3 is 0 Å². The van der Waals surface area contributed by atoms with Crippen LogP contribution in [0.15, 0.2) is 42.5 Å². The van der Waals surface area contributed by atoms with E-state index < -0.39 is 0 Å². The Morgan fingerprint density at radius 1 is 1.00 bits per heavy atom. The zero-order valence-electron chi connectivity index (χ0n) is 17.2. The van der Waals surface area contributed by atoms with Crippen LogP contribution in [0.3, 0.4) is 0 Å². The van der Waals surface area contributed by atoms with E-state index in [1.807, 2.05) is 4.90 Å². The number of aryl methyl sites for hydroxylation is 1. The predicted molar refractivity (Wildman–Crippen MR) is 123 cm³/mol. The third kappa shape index (κ3) is 5.88. The van der Waals surface area contributed by atoms with E-state index in [0.29, 0.717) is 28.8 Å². The molecule has 0 atom stereocenters. The molecule has 3 rings (SSSR count). The van der Waals surface area contributed by atoms with Gasteiger partial charge in [-0.3, -0.25) is 14.5 Å². The molecule has 0 bridgehead atoms. The number of likely N-dealkylation sites (N-methyl/N-ethyl adjacent to an activating group) is 1. The molecule has 0 aliphatic carbocycles. The van der Waals surface area contributed by atoms with Crippen LogP contribution in [0.1, 0.15) is 5.56 Å². The monoisotopic (exact) mass is 448 g/mol. The van der Waals surface area contributed by atoms with Crippen molar-refractivity contribution >= 4 is 46.4 Å². The summed E-state index contributed by atoms with van der Waals surface area (Å²) in [6.45, 7) is 5.25. The minimum atomic E-state index is -0.274. The summed E-state index contributed by atoms with van der Waals surface area (Å²) < 4.78 is 0. The summed E-state index contributed by atoms with van der Waals surface area (Å²) in [6, 6.07) is 13.4. The number of amides is 2. The van der Waals surface area contributed by atoms with E-state index in [1.54, 1.807) is 30.1 Å². The molecule has 8 heteroatoms. The second-order valence-corrected chi connectivity index (χ2v) is 8.34. The van der Waals surface area contributed by atoms with Crippen LogP contribution >= 0.6 is 23.2 Å². The van der Waals surface area contributed by atoms with E-state index >= 15 is 0 Å². The Morgan fingerprint density at radius 2 is 1.63 bits per heavy atom.